The molecule has 7 nitrogen and oxygen atoms in total. The second-order valence-corrected chi connectivity index (χ2v) is 10.2. The Kier molecular flexibility index (Phi) is 6.77. The molecule has 2 aliphatic carbocycles. The van der Waals surface area contributed by atoms with Gasteiger partial charge in [0.15, 0.2) is 0 Å². The van der Waals surface area contributed by atoms with Gasteiger partial charge in [0.1, 0.15) is 16.5 Å². The Balaban J connectivity index is 1.40. The smallest absolute Gasteiger partial charge is 0.305 e. The number of aryl methyl sites for hydroxylation is 1. The Hall–Kier alpha value is -3.33. The van der Waals surface area contributed by atoms with Gasteiger partial charge < -0.3 is 9.73 Å². The minimum Gasteiger partial charge on any atom is -0.455 e. The lowest BCUT2D eigenvalue weighted by Gasteiger charge is -2.23. The summed E-state index contributed by atoms with van der Waals surface area (Å²) in [6.45, 7) is 0. The van der Waals surface area contributed by atoms with E-state index in [4.69, 9.17) is 4.42 Å². The van der Waals surface area contributed by atoms with E-state index in [1.54, 1.807) is 29.7 Å². The number of carbonyl (C=O) groups is 1. The molecule has 2 heterocycles. The lowest BCUT2D eigenvalue weighted by molar-refractivity contribution is -0.387. The SMILES string of the molecule is O=C(NC1CCCCC1)c1c(N=Cc2ccc(-c3ccc(F)c([N+](=O)[O-])c3)o2)sc2c1CCCC2. The number of halogens is 1. The van der Waals surface area contributed by atoms with Crippen LogP contribution in [0.3, 0.4) is 0 Å². The van der Waals surface area contributed by atoms with Crippen LogP contribution >= 0.6 is 11.3 Å². The fourth-order valence-electron chi connectivity index (χ4n) is 4.89. The predicted molar refractivity (Wildman–Crippen MR) is 133 cm³/mol. The van der Waals surface area contributed by atoms with Crippen LogP contribution in [0.15, 0.2) is 39.7 Å². The van der Waals surface area contributed by atoms with Crippen LogP contribution in [-0.4, -0.2) is 23.1 Å². The van der Waals surface area contributed by atoms with Crippen molar-refractivity contribution in [1.82, 2.24) is 5.32 Å². The number of nitro groups is 1. The van der Waals surface area contributed by atoms with Crippen molar-refractivity contribution < 1.29 is 18.5 Å². The zero-order chi connectivity index (χ0) is 24.4. The summed E-state index contributed by atoms with van der Waals surface area (Å²) in [6, 6.07) is 7.22. The van der Waals surface area contributed by atoms with Gasteiger partial charge in [0.2, 0.25) is 5.82 Å². The van der Waals surface area contributed by atoms with Crippen molar-refractivity contribution in [3.05, 3.63) is 68.0 Å². The van der Waals surface area contributed by atoms with Crippen molar-refractivity contribution in [2.45, 2.75) is 63.8 Å². The monoisotopic (exact) mass is 495 g/mol. The van der Waals surface area contributed by atoms with Crippen LogP contribution in [0.5, 0.6) is 0 Å². The molecule has 0 bridgehead atoms. The molecule has 182 valence electrons. The Morgan fingerprint density at radius 2 is 1.94 bits per heavy atom. The summed E-state index contributed by atoms with van der Waals surface area (Å²) in [5, 5.41) is 15.0. The summed E-state index contributed by atoms with van der Waals surface area (Å²) in [5.74, 6) is -0.123. The molecule has 5 rings (SSSR count). The van der Waals surface area contributed by atoms with Crippen LogP contribution in [0.25, 0.3) is 11.3 Å². The topological polar surface area (TPSA) is 97.7 Å². The van der Waals surface area contributed by atoms with Gasteiger partial charge in [-0.1, -0.05) is 19.3 Å². The fraction of sp³-hybridized carbons (Fsp3) is 0.385. The quantitative estimate of drug-likeness (QED) is 0.232. The van der Waals surface area contributed by atoms with Gasteiger partial charge in [-0.3, -0.25) is 14.9 Å². The van der Waals surface area contributed by atoms with Crippen LogP contribution in [0.2, 0.25) is 0 Å². The van der Waals surface area contributed by atoms with Crippen molar-refractivity contribution in [2.75, 3.05) is 0 Å². The van der Waals surface area contributed by atoms with Gasteiger partial charge in [0.25, 0.3) is 5.91 Å². The molecule has 1 saturated carbocycles. The van der Waals surface area contributed by atoms with Gasteiger partial charge in [-0.05, 0) is 68.4 Å². The maximum absolute atomic E-state index is 13.7. The number of aliphatic imine (C=N–C) groups is 1. The molecule has 0 unspecified atom stereocenters. The highest BCUT2D eigenvalue weighted by atomic mass is 32.1. The van der Waals surface area contributed by atoms with Crippen LogP contribution in [-0.2, 0) is 12.8 Å². The molecule has 1 N–H and O–H groups in total. The number of amides is 1. The van der Waals surface area contributed by atoms with Gasteiger partial charge in [0, 0.05) is 22.5 Å². The predicted octanol–water partition coefficient (Wildman–Crippen LogP) is 6.75. The second kappa shape index (κ2) is 10.1. The molecule has 3 aromatic rings. The third-order valence-electron chi connectivity index (χ3n) is 6.68. The van der Waals surface area contributed by atoms with E-state index in [0.29, 0.717) is 27.6 Å². The molecule has 1 fully saturated rings. The Bertz CT molecular complexity index is 1290. The Morgan fingerprint density at radius 1 is 1.14 bits per heavy atom. The highest BCUT2D eigenvalue weighted by molar-refractivity contribution is 7.16. The third-order valence-corrected chi connectivity index (χ3v) is 7.88. The largest absolute Gasteiger partial charge is 0.455 e. The van der Waals surface area contributed by atoms with Gasteiger partial charge in [-0.2, -0.15) is 4.39 Å². The van der Waals surface area contributed by atoms with E-state index in [-0.39, 0.29) is 11.9 Å². The number of thiophene rings is 1. The van der Waals surface area contributed by atoms with Crippen LogP contribution in [0, 0.1) is 15.9 Å². The van der Waals surface area contributed by atoms with E-state index in [2.05, 4.69) is 10.3 Å². The summed E-state index contributed by atoms with van der Waals surface area (Å²) in [5.41, 5.74) is 1.61. The fourth-order valence-corrected chi connectivity index (χ4v) is 6.12. The molecule has 0 radical (unpaired) electrons. The van der Waals surface area contributed by atoms with E-state index < -0.39 is 16.4 Å². The molecule has 0 aliphatic heterocycles. The standard InChI is InChI=1S/C26H26FN3O4S/c27-20-12-10-16(14-21(20)30(32)33)22-13-11-18(34-22)15-28-26-24(19-8-4-5-9-23(19)35-26)25(31)29-17-6-2-1-3-7-17/h10-15,17H,1-9H2,(H,29,31). The lowest BCUT2D eigenvalue weighted by atomic mass is 9.93. The minimum atomic E-state index is -0.896. The zero-order valence-corrected chi connectivity index (χ0v) is 20.0. The van der Waals surface area contributed by atoms with Crippen LogP contribution in [0.1, 0.15) is 71.5 Å². The summed E-state index contributed by atoms with van der Waals surface area (Å²) in [7, 11) is 0. The van der Waals surface area contributed by atoms with Crippen LogP contribution in [0.4, 0.5) is 15.1 Å². The van der Waals surface area contributed by atoms with Crippen molar-refractivity contribution >= 4 is 34.1 Å². The van der Waals surface area contributed by atoms with E-state index in [1.807, 2.05) is 0 Å². The van der Waals surface area contributed by atoms with E-state index in [9.17, 15) is 19.3 Å². The van der Waals surface area contributed by atoms with Gasteiger partial charge >= 0.3 is 5.69 Å². The second-order valence-electron chi connectivity index (χ2n) is 9.08. The maximum atomic E-state index is 13.7. The van der Waals surface area contributed by atoms with Crippen molar-refractivity contribution in [3.63, 3.8) is 0 Å². The normalized spacial score (nSPS) is 16.4. The van der Waals surface area contributed by atoms with Gasteiger partial charge in [-0.25, -0.2) is 4.99 Å². The van der Waals surface area contributed by atoms with Crippen molar-refractivity contribution in [1.29, 1.82) is 0 Å². The summed E-state index contributed by atoms with van der Waals surface area (Å²) in [4.78, 5) is 29.4. The van der Waals surface area contributed by atoms with Gasteiger partial charge in [0.05, 0.1) is 16.7 Å². The highest BCUT2D eigenvalue weighted by Gasteiger charge is 2.27. The number of furan rings is 1. The molecule has 2 aliphatic rings. The number of fused-ring (bicyclic) bond motifs is 1. The first-order valence-corrected chi connectivity index (χ1v) is 12.8. The molecular formula is C26H26FN3O4S. The number of hydrogen-bond donors (Lipinski definition) is 1. The number of nitrogens with one attached hydrogen (secondary N) is 1. The first-order chi connectivity index (χ1) is 17.0. The summed E-state index contributed by atoms with van der Waals surface area (Å²) < 4.78 is 19.5. The molecule has 9 heteroatoms. The van der Waals surface area contributed by atoms with Crippen LogP contribution < -0.4 is 5.32 Å². The third kappa shape index (κ3) is 5.05. The Labute approximate surface area is 206 Å². The Morgan fingerprint density at radius 3 is 2.74 bits per heavy atom. The average molecular weight is 496 g/mol. The van der Waals surface area contributed by atoms with E-state index >= 15 is 0 Å². The average Bonchev–Trinajstić information content (AvgIpc) is 3.48. The number of nitrogens with zero attached hydrogens (tertiary/aromatic N) is 2. The molecule has 0 atom stereocenters. The molecule has 35 heavy (non-hydrogen) atoms. The minimum absolute atomic E-state index is 0.0396. The summed E-state index contributed by atoms with van der Waals surface area (Å²) >= 11 is 1.56. The van der Waals surface area contributed by atoms with Gasteiger partial charge in [-0.15, -0.1) is 11.3 Å². The molecule has 0 spiro atoms. The zero-order valence-electron chi connectivity index (χ0n) is 19.2. The summed E-state index contributed by atoms with van der Waals surface area (Å²) in [6.07, 6.45) is 11.2. The highest BCUT2D eigenvalue weighted by Crippen LogP contribution is 2.40. The maximum Gasteiger partial charge on any atom is 0.305 e. The molecular weight excluding hydrogens is 469 g/mol. The number of rotatable bonds is 6. The molecule has 1 aromatic carbocycles. The first-order valence-electron chi connectivity index (χ1n) is 12.0. The number of nitro benzene ring substituents is 1. The van der Waals surface area contributed by atoms with Crippen molar-refractivity contribution in [3.8, 4) is 11.3 Å². The number of hydrogen-bond acceptors (Lipinski definition) is 6. The van der Waals surface area contributed by atoms with E-state index in [1.165, 1.54) is 17.4 Å². The lowest BCUT2D eigenvalue weighted by Crippen LogP contribution is -2.36. The molecule has 2 aromatic heterocycles. The van der Waals surface area contributed by atoms with Crippen molar-refractivity contribution in [2.24, 2.45) is 4.99 Å². The number of benzene rings is 1. The molecule has 0 saturated heterocycles. The first kappa shape index (κ1) is 23.4. The molecule has 1 amide bonds. The number of carbonyl (C=O) groups excluding carboxylic acids is 1. The van der Waals surface area contributed by atoms with E-state index in [0.717, 1.165) is 69.1 Å².